The van der Waals surface area contributed by atoms with E-state index >= 15 is 0 Å². The zero-order chi connectivity index (χ0) is 18.3. The topological polar surface area (TPSA) is 111 Å². The predicted molar refractivity (Wildman–Crippen MR) is 84.1 cm³/mol. The fourth-order valence-electron chi connectivity index (χ4n) is 1.59. The first-order chi connectivity index (χ1) is 11.1. The molecule has 2 N–H and O–H groups in total. The second kappa shape index (κ2) is 8.19. The first-order valence-corrected chi connectivity index (χ1v) is 7.16. The maximum atomic E-state index is 11.9. The van der Waals surface area contributed by atoms with Crippen molar-refractivity contribution in [1.82, 2.24) is 5.32 Å². The Labute approximate surface area is 139 Å². The summed E-state index contributed by atoms with van der Waals surface area (Å²) < 4.78 is 14.9. The van der Waals surface area contributed by atoms with Crippen LogP contribution in [0.2, 0.25) is 0 Å². The summed E-state index contributed by atoms with van der Waals surface area (Å²) in [6.45, 7) is 4.41. The third-order valence-corrected chi connectivity index (χ3v) is 2.70. The number of methoxy groups -OCH3 is 1. The first-order valence-electron chi connectivity index (χ1n) is 7.16. The standard InChI is InChI=1S/C16H21NO7/c1-16(2,3)24-15(21)17-12(13(18)19)9-23-14(20)10-5-7-11(22-4)8-6-10/h5-8,12H,9H2,1-4H3,(H,17,21)(H,18,19)/t12-/m0/s1. The van der Waals surface area contributed by atoms with Crippen molar-refractivity contribution in [2.45, 2.75) is 32.4 Å². The molecule has 0 saturated heterocycles. The summed E-state index contributed by atoms with van der Waals surface area (Å²) >= 11 is 0. The Morgan fingerprint density at radius 2 is 1.75 bits per heavy atom. The molecule has 1 aromatic carbocycles. The van der Waals surface area contributed by atoms with Crippen molar-refractivity contribution in [3.63, 3.8) is 0 Å². The van der Waals surface area contributed by atoms with Crippen LogP contribution >= 0.6 is 0 Å². The number of esters is 1. The molecule has 8 heteroatoms. The molecule has 1 amide bonds. The number of alkyl carbamates (subject to hydrolysis) is 1. The Morgan fingerprint density at radius 1 is 1.17 bits per heavy atom. The fourth-order valence-corrected chi connectivity index (χ4v) is 1.59. The van der Waals surface area contributed by atoms with E-state index in [1.54, 1.807) is 32.9 Å². The van der Waals surface area contributed by atoms with Gasteiger partial charge in [-0.25, -0.2) is 14.4 Å². The number of benzene rings is 1. The second-order valence-electron chi connectivity index (χ2n) is 5.86. The minimum absolute atomic E-state index is 0.234. The second-order valence-corrected chi connectivity index (χ2v) is 5.86. The molecular weight excluding hydrogens is 318 g/mol. The van der Waals surface area contributed by atoms with Crippen molar-refractivity contribution in [3.8, 4) is 5.75 Å². The average Bonchev–Trinajstić information content (AvgIpc) is 2.49. The summed E-state index contributed by atoms with van der Waals surface area (Å²) in [6, 6.07) is 4.70. The number of rotatable bonds is 6. The molecular formula is C16H21NO7. The number of nitrogens with one attached hydrogen (secondary N) is 1. The van der Waals surface area contributed by atoms with E-state index in [1.165, 1.54) is 19.2 Å². The Bertz CT molecular complexity index is 589. The number of carbonyl (C=O) groups excluding carboxylic acids is 2. The number of amides is 1. The van der Waals surface area contributed by atoms with E-state index in [9.17, 15) is 14.4 Å². The predicted octanol–water partition coefficient (Wildman–Crippen LogP) is 1.83. The van der Waals surface area contributed by atoms with Crippen LogP contribution in [0, 0.1) is 0 Å². The largest absolute Gasteiger partial charge is 0.497 e. The number of ether oxygens (including phenoxy) is 3. The summed E-state index contributed by atoms with van der Waals surface area (Å²) in [6.07, 6.45) is -0.907. The van der Waals surface area contributed by atoms with Gasteiger partial charge < -0.3 is 24.6 Å². The molecule has 8 nitrogen and oxygen atoms in total. The molecule has 0 bridgehead atoms. The Balaban J connectivity index is 2.60. The van der Waals surface area contributed by atoms with Crippen LogP contribution in [0.25, 0.3) is 0 Å². The van der Waals surface area contributed by atoms with Gasteiger partial charge in [0, 0.05) is 0 Å². The molecule has 0 aromatic heterocycles. The highest BCUT2D eigenvalue weighted by Gasteiger charge is 2.25. The molecule has 24 heavy (non-hydrogen) atoms. The molecule has 0 fully saturated rings. The maximum absolute atomic E-state index is 11.9. The minimum Gasteiger partial charge on any atom is -0.497 e. The van der Waals surface area contributed by atoms with Gasteiger partial charge in [0.15, 0.2) is 6.04 Å². The van der Waals surface area contributed by atoms with Gasteiger partial charge in [-0.3, -0.25) is 0 Å². The van der Waals surface area contributed by atoms with Crippen LogP contribution in [0.15, 0.2) is 24.3 Å². The summed E-state index contributed by atoms with van der Waals surface area (Å²) in [4.78, 5) is 34.6. The Kier molecular flexibility index (Phi) is 6.58. The van der Waals surface area contributed by atoms with Gasteiger partial charge in [0.1, 0.15) is 18.0 Å². The smallest absolute Gasteiger partial charge is 0.408 e. The quantitative estimate of drug-likeness (QED) is 0.761. The van der Waals surface area contributed by atoms with Gasteiger partial charge in [-0.05, 0) is 45.0 Å². The molecule has 0 spiro atoms. The highest BCUT2D eigenvalue weighted by molar-refractivity contribution is 5.90. The van der Waals surface area contributed by atoms with Gasteiger partial charge in [0.05, 0.1) is 12.7 Å². The third kappa shape index (κ3) is 6.55. The summed E-state index contributed by atoms with van der Waals surface area (Å²) in [5, 5.41) is 11.2. The van der Waals surface area contributed by atoms with E-state index < -0.39 is 36.3 Å². The van der Waals surface area contributed by atoms with E-state index in [0.29, 0.717) is 5.75 Å². The van der Waals surface area contributed by atoms with Gasteiger partial charge >= 0.3 is 18.0 Å². The molecule has 0 heterocycles. The number of carbonyl (C=O) groups is 3. The van der Waals surface area contributed by atoms with Crippen LogP contribution in [0.3, 0.4) is 0 Å². The van der Waals surface area contributed by atoms with Crippen LogP contribution < -0.4 is 10.1 Å². The molecule has 0 unspecified atom stereocenters. The normalized spacial score (nSPS) is 12.0. The lowest BCUT2D eigenvalue weighted by Crippen LogP contribution is -2.46. The molecule has 0 saturated carbocycles. The number of aliphatic carboxylic acids is 1. The average molecular weight is 339 g/mol. The van der Waals surface area contributed by atoms with Gasteiger partial charge in [-0.15, -0.1) is 0 Å². The van der Waals surface area contributed by atoms with Gasteiger partial charge in [0.2, 0.25) is 0 Å². The molecule has 0 aliphatic heterocycles. The van der Waals surface area contributed by atoms with Gasteiger partial charge in [0.25, 0.3) is 0 Å². The monoisotopic (exact) mass is 339 g/mol. The molecule has 0 aliphatic rings. The summed E-state index contributed by atoms with van der Waals surface area (Å²) in [5.74, 6) is -1.49. The SMILES string of the molecule is COc1ccc(C(=O)OC[C@H](NC(=O)OC(C)(C)C)C(=O)O)cc1. The van der Waals surface area contributed by atoms with E-state index in [1.807, 2.05) is 0 Å². The lowest BCUT2D eigenvalue weighted by molar-refractivity contribution is -0.140. The lowest BCUT2D eigenvalue weighted by atomic mass is 10.2. The highest BCUT2D eigenvalue weighted by atomic mass is 16.6. The number of carboxylic acids is 1. The number of carboxylic acid groups (broad SMARTS) is 1. The van der Waals surface area contributed by atoms with E-state index in [2.05, 4.69) is 5.32 Å². The summed E-state index contributed by atoms with van der Waals surface area (Å²) in [7, 11) is 1.49. The third-order valence-electron chi connectivity index (χ3n) is 2.70. The van der Waals surface area contributed by atoms with E-state index in [-0.39, 0.29) is 5.56 Å². The molecule has 1 atom stereocenters. The molecule has 1 rings (SSSR count). The van der Waals surface area contributed by atoms with Crippen molar-refractivity contribution < 1.29 is 33.7 Å². The zero-order valence-corrected chi connectivity index (χ0v) is 14.0. The van der Waals surface area contributed by atoms with E-state index in [4.69, 9.17) is 19.3 Å². The number of hydrogen-bond acceptors (Lipinski definition) is 6. The van der Waals surface area contributed by atoms with Crippen LogP contribution in [-0.4, -0.2) is 48.5 Å². The lowest BCUT2D eigenvalue weighted by Gasteiger charge is -2.21. The fraction of sp³-hybridized carbons (Fsp3) is 0.438. The molecule has 1 aromatic rings. The van der Waals surface area contributed by atoms with Crippen molar-refractivity contribution >= 4 is 18.0 Å². The zero-order valence-electron chi connectivity index (χ0n) is 14.0. The molecule has 132 valence electrons. The van der Waals surface area contributed by atoms with Gasteiger partial charge in [-0.2, -0.15) is 0 Å². The Morgan fingerprint density at radius 3 is 2.21 bits per heavy atom. The van der Waals surface area contributed by atoms with Crippen LogP contribution in [0.4, 0.5) is 4.79 Å². The summed E-state index contributed by atoms with van der Waals surface area (Å²) in [5.41, 5.74) is -0.537. The van der Waals surface area contributed by atoms with E-state index in [0.717, 1.165) is 0 Å². The minimum atomic E-state index is -1.41. The first kappa shape index (κ1) is 19.3. The van der Waals surface area contributed by atoms with Crippen LogP contribution in [-0.2, 0) is 14.3 Å². The van der Waals surface area contributed by atoms with Crippen molar-refractivity contribution in [3.05, 3.63) is 29.8 Å². The van der Waals surface area contributed by atoms with Gasteiger partial charge in [-0.1, -0.05) is 0 Å². The van der Waals surface area contributed by atoms with Crippen molar-refractivity contribution in [2.75, 3.05) is 13.7 Å². The molecule has 0 aliphatic carbocycles. The number of hydrogen-bond donors (Lipinski definition) is 2. The van der Waals surface area contributed by atoms with Crippen molar-refractivity contribution in [1.29, 1.82) is 0 Å². The Hall–Kier alpha value is -2.77. The van der Waals surface area contributed by atoms with Crippen molar-refractivity contribution in [2.24, 2.45) is 0 Å². The van der Waals surface area contributed by atoms with Crippen LogP contribution in [0.5, 0.6) is 5.75 Å². The van der Waals surface area contributed by atoms with Crippen LogP contribution in [0.1, 0.15) is 31.1 Å². The molecule has 0 radical (unpaired) electrons. The maximum Gasteiger partial charge on any atom is 0.408 e. The highest BCUT2D eigenvalue weighted by Crippen LogP contribution is 2.12.